The van der Waals surface area contributed by atoms with E-state index in [-0.39, 0.29) is 0 Å². The lowest BCUT2D eigenvalue weighted by Gasteiger charge is -2.11. The maximum atomic E-state index is 8.46. The quantitative estimate of drug-likeness (QED) is 0.574. The number of dihydropyridines is 1. The second-order valence-corrected chi connectivity index (χ2v) is 2.52. The molecule has 0 aliphatic carbocycles. The molecule has 0 saturated carbocycles. The van der Waals surface area contributed by atoms with E-state index in [0.29, 0.717) is 17.2 Å². The molecule has 0 aromatic heterocycles. The molecule has 0 radical (unpaired) electrons. The van der Waals surface area contributed by atoms with Crippen molar-refractivity contribution in [1.82, 2.24) is 5.32 Å². The van der Waals surface area contributed by atoms with Crippen LogP contribution in [0.15, 0.2) is 22.4 Å². The van der Waals surface area contributed by atoms with Crippen LogP contribution in [0.1, 0.15) is 6.92 Å². The van der Waals surface area contributed by atoms with E-state index in [9.17, 15) is 0 Å². The topological polar surface area (TPSA) is 35.8 Å². The van der Waals surface area contributed by atoms with Gasteiger partial charge < -0.3 is 5.32 Å². The smallest absolute Gasteiger partial charge is 0.0966 e. The Labute approximate surface area is 64.8 Å². The van der Waals surface area contributed by atoms with Gasteiger partial charge in [-0.15, -0.1) is 0 Å². The maximum absolute atomic E-state index is 8.46. The van der Waals surface area contributed by atoms with E-state index in [1.54, 1.807) is 6.08 Å². The molecule has 0 aromatic carbocycles. The Balaban J connectivity index is 2.89. The fourth-order valence-electron chi connectivity index (χ4n) is 0.696. The van der Waals surface area contributed by atoms with E-state index in [4.69, 9.17) is 16.9 Å². The zero-order valence-corrected chi connectivity index (χ0v) is 6.37. The summed E-state index contributed by atoms with van der Waals surface area (Å²) in [6.45, 7) is 2.48. The van der Waals surface area contributed by atoms with Gasteiger partial charge in [-0.2, -0.15) is 5.26 Å². The van der Waals surface area contributed by atoms with Crippen molar-refractivity contribution in [3.63, 3.8) is 0 Å². The number of halogens is 1. The van der Waals surface area contributed by atoms with Gasteiger partial charge >= 0.3 is 0 Å². The van der Waals surface area contributed by atoms with E-state index >= 15 is 0 Å². The number of hydrogen-bond acceptors (Lipinski definition) is 2. The average molecular weight is 155 g/mol. The summed E-state index contributed by atoms with van der Waals surface area (Å²) in [7, 11) is 0. The van der Waals surface area contributed by atoms with Crippen molar-refractivity contribution < 1.29 is 0 Å². The molecule has 1 N–H and O–H groups in total. The largest absolute Gasteiger partial charge is 0.383 e. The third-order valence-corrected chi connectivity index (χ3v) is 1.74. The average Bonchev–Trinajstić information content (AvgIpc) is 1.95. The van der Waals surface area contributed by atoms with E-state index < -0.39 is 0 Å². The summed E-state index contributed by atoms with van der Waals surface area (Å²) in [5.41, 5.74) is 1.61. The molecule has 1 heterocycles. The highest BCUT2D eigenvalue weighted by molar-refractivity contribution is 6.31. The molecule has 0 bridgehead atoms. The first-order valence-corrected chi connectivity index (χ1v) is 3.33. The number of nitrogens with one attached hydrogen (secondary N) is 1. The number of rotatable bonds is 0. The van der Waals surface area contributed by atoms with Gasteiger partial charge in [-0.05, 0) is 13.0 Å². The Morgan fingerprint density at radius 2 is 2.50 bits per heavy atom. The summed E-state index contributed by atoms with van der Waals surface area (Å²) in [6, 6.07) is 2.03. The zero-order chi connectivity index (χ0) is 7.56. The van der Waals surface area contributed by atoms with Gasteiger partial charge in [-0.1, -0.05) is 11.6 Å². The van der Waals surface area contributed by atoms with Crippen LogP contribution in [-0.4, -0.2) is 6.54 Å². The number of nitrogens with zero attached hydrogens (tertiary/aromatic N) is 1. The van der Waals surface area contributed by atoms with Gasteiger partial charge in [0.15, 0.2) is 0 Å². The molecule has 2 nitrogen and oxygen atoms in total. The van der Waals surface area contributed by atoms with Crippen LogP contribution in [0.4, 0.5) is 0 Å². The maximum Gasteiger partial charge on any atom is 0.0966 e. The first-order valence-electron chi connectivity index (χ1n) is 2.95. The highest BCUT2D eigenvalue weighted by Crippen LogP contribution is 2.14. The van der Waals surface area contributed by atoms with Gasteiger partial charge in [0.05, 0.1) is 16.7 Å². The van der Waals surface area contributed by atoms with Crippen molar-refractivity contribution in [2.75, 3.05) is 6.54 Å². The molecule has 0 saturated heterocycles. The van der Waals surface area contributed by atoms with Crippen LogP contribution < -0.4 is 5.32 Å². The fourth-order valence-corrected chi connectivity index (χ4v) is 0.895. The Hall–Kier alpha value is -0.940. The fraction of sp³-hybridized carbons (Fsp3) is 0.286. The van der Waals surface area contributed by atoms with Crippen LogP contribution >= 0.6 is 11.6 Å². The van der Waals surface area contributed by atoms with Crippen LogP contribution in [0.2, 0.25) is 0 Å². The highest BCUT2D eigenvalue weighted by atomic mass is 35.5. The van der Waals surface area contributed by atoms with E-state index in [1.165, 1.54) is 0 Å². The van der Waals surface area contributed by atoms with E-state index in [0.717, 1.165) is 5.70 Å². The summed E-state index contributed by atoms with van der Waals surface area (Å²) in [5, 5.41) is 12.1. The Bertz CT molecular complexity index is 245. The molecule has 1 aliphatic rings. The first-order chi connectivity index (χ1) is 4.74. The van der Waals surface area contributed by atoms with Crippen molar-refractivity contribution in [2.24, 2.45) is 0 Å². The van der Waals surface area contributed by atoms with Crippen LogP contribution in [-0.2, 0) is 0 Å². The second-order valence-electron chi connectivity index (χ2n) is 2.11. The normalized spacial score (nSPS) is 17.5. The highest BCUT2D eigenvalue weighted by Gasteiger charge is 2.05. The van der Waals surface area contributed by atoms with Gasteiger partial charge in [-0.3, -0.25) is 0 Å². The minimum atomic E-state index is 0.596. The molecule has 0 spiro atoms. The zero-order valence-electron chi connectivity index (χ0n) is 5.61. The van der Waals surface area contributed by atoms with Crippen molar-refractivity contribution >= 4 is 11.6 Å². The summed E-state index contributed by atoms with van der Waals surface area (Å²) in [6.07, 6.45) is 1.69. The van der Waals surface area contributed by atoms with Gasteiger partial charge in [0, 0.05) is 12.2 Å². The Morgan fingerprint density at radius 3 is 3.00 bits per heavy atom. The van der Waals surface area contributed by atoms with Gasteiger partial charge in [0.25, 0.3) is 0 Å². The lowest BCUT2D eigenvalue weighted by molar-refractivity contribution is 0.865. The molecular formula is C7H7ClN2. The minimum absolute atomic E-state index is 0.596. The predicted octanol–water partition coefficient (Wildman–Crippen LogP) is 1.51. The van der Waals surface area contributed by atoms with Gasteiger partial charge in [-0.25, -0.2) is 0 Å². The van der Waals surface area contributed by atoms with Crippen LogP contribution in [0.25, 0.3) is 0 Å². The van der Waals surface area contributed by atoms with Crippen molar-refractivity contribution in [1.29, 1.82) is 5.26 Å². The van der Waals surface area contributed by atoms with E-state index in [1.807, 2.05) is 13.0 Å². The monoisotopic (exact) mass is 154 g/mol. The van der Waals surface area contributed by atoms with Crippen molar-refractivity contribution in [3.05, 3.63) is 22.4 Å². The third-order valence-electron chi connectivity index (χ3n) is 1.35. The summed E-state index contributed by atoms with van der Waals surface area (Å²) < 4.78 is 0. The number of hydrogen-bond donors (Lipinski definition) is 1. The molecular weight excluding hydrogens is 148 g/mol. The Morgan fingerprint density at radius 1 is 1.80 bits per heavy atom. The van der Waals surface area contributed by atoms with Gasteiger partial charge in [0.1, 0.15) is 0 Å². The third kappa shape index (κ3) is 1.31. The van der Waals surface area contributed by atoms with Gasteiger partial charge in [0.2, 0.25) is 0 Å². The number of nitriles is 1. The predicted molar refractivity (Wildman–Crippen MR) is 40.3 cm³/mol. The Kier molecular flexibility index (Phi) is 1.98. The number of allylic oxidation sites excluding steroid dienone is 3. The summed E-state index contributed by atoms with van der Waals surface area (Å²) >= 11 is 5.73. The second kappa shape index (κ2) is 2.76. The van der Waals surface area contributed by atoms with Crippen molar-refractivity contribution in [2.45, 2.75) is 6.92 Å². The minimum Gasteiger partial charge on any atom is -0.383 e. The lowest BCUT2D eigenvalue weighted by Crippen LogP contribution is -2.18. The molecule has 3 heteroatoms. The van der Waals surface area contributed by atoms with Crippen molar-refractivity contribution in [3.8, 4) is 6.07 Å². The van der Waals surface area contributed by atoms with Crippen LogP contribution in [0.3, 0.4) is 0 Å². The van der Waals surface area contributed by atoms with Crippen LogP contribution in [0, 0.1) is 11.3 Å². The summed E-state index contributed by atoms with van der Waals surface area (Å²) in [4.78, 5) is 0. The summed E-state index contributed by atoms with van der Waals surface area (Å²) in [5.74, 6) is 0. The molecule has 1 aliphatic heterocycles. The van der Waals surface area contributed by atoms with Crippen LogP contribution in [0.5, 0.6) is 0 Å². The lowest BCUT2D eigenvalue weighted by atomic mass is 10.2. The first kappa shape index (κ1) is 7.17. The molecule has 0 aromatic rings. The SMILES string of the molecule is CC1=C(Cl)C=C(C#N)CN1. The molecule has 0 amide bonds. The molecule has 0 atom stereocenters. The standard InChI is InChI=1S/C7H7ClN2/c1-5-7(8)2-6(3-9)4-10-5/h2,10H,4H2,1H3. The van der Waals surface area contributed by atoms with E-state index in [2.05, 4.69) is 5.32 Å². The molecule has 0 unspecified atom stereocenters. The molecule has 1 rings (SSSR count). The molecule has 10 heavy (non-hydrogen) atoms. The molecule has 52 valence electrons. The molecule has 0 fully saturated rings.